The van der Waals surface area contributed by atoms with Gasteiger partial charge in [-0.2, -0.15) is 10.1 Å². The molecule has 2 heterocycles. The molecule has 0 N–H and O–H groups in total. The van der Waals surface area contributed by atoms with E-state index in [0.717, 1.165) is 31.0 Å². The summed E-state index contributed by atoms with van der Waals surface area (Å²) in [5, 5.41) is 5.04. The third-order valence-electron chi connectivity index (χ3n) is 7.39. The first-order chi connectivity index (χ1) is 12.6. The number of hydrogen-bond acceptors (Lipinski definition) is 3. The molecule has 0 saturated heterocycles. The minimum Gasteiger partial charge on any atom is -0.277 e. The Morgan fingerprint density at radius 2 is 1.77 bits per heavy atom. The summed E-state index contributed by atoms with van der Waals surface area (Å²) in [6.07, 6.45) is 13.4. The van der Waals surface area contributed by atoms with Gasteiger partial charge in [-0.25, -0.2) is 4.68 Å². The van der Waals surface area contributed by atoms with E-state index in [9.17, 15) is 4.79 Å². The molecule has 3 aliphatic carbocycles. The third-order valence-corrected chi connectivity index (χ3v) is 7.39. The molecule has 1 amide bonds. The van der Waals surface area contributed by atoms with E-state index in [2.05, 4.69) is 23.4 Å². The van der Waals surface area contributed by atoms with Gasteiger partial charge in [0.1, 0.15) is 0 Å². The molecular formula is C21H32N4O. The summed E-state index contributed by atoms with van der Waals surface area (Å²) in [4.78, 5) is 20.4. The molecule has 1 aromatic rings. The minimum atomic E-state index is 0.110. The number of nitrogens with zero attached hydrogens (tertiary/aromatic N) is 4. The average Bonchev–Trinajstić information content (AvgIpc) is 3.41. The zero-order chi connectivity index (χ0) is 17.9. The molecular weight excluding hydrogens is 324 g/mol. The van der Waals surface area contributed by atoms with Crippen molar-refractivity contribution in [3.8, 4) is 0 Å². The molecule has 1 aromatic heterocycles. The molecule has 1 spiro atoms. The van der Waals surface area contributed by atoms with E-state index in [1.807, 2.05) is 0 Å². The second kappa shape index (κ2) is 6.07. The van der Waals surface area contributed by atoms with Crippen LogP contribution in [0.2, 0.25) is 0 Å². The average molecular weight is 357 g/mol. The lowest BCUT2D eigenvalue weighted by atomic mass is 9.64. The Labute approximate surface area is 156 Å². The molecule has 0 radical (unpaired) electrons. The van der Waals surface area contributed by atoms with Gasteiger partial charge in [0.2, 0.25) is 11.9 Å². The van der Waals surface area contributed by atoms with Gasteiger partial charge in [0, 0.05) is 23.8 Å². The van der Waals surface area contributed by atoms with Crippen molar-refractivity contribution < 1.29 is 4.79 Å². The Balaban J connectivity index is 1.67. The van der Waals surface area contributed by atoms with E-state index in [0.29, 0.717) is 23.8 Å². The highest BCUT2D eigenvalue weighted by Crippen LogP contribution is 2.53. The van der Waals surface area contributed by atoms with E-state index >= 15 is 0 Å². The summed E-state index contributed by atoms with van der Waals surface area (Å²) in [5.74, 6) is 3.23. The monoisotopic (exact) mass is 356 g/mol. The van der Waals surface area contributed by atoms with Gasteiger partial charge in [0.05, 0.1) is 5.54 Å². The Hall–Kier alpha value is -1.39. The summed E-state index contributed by atoms with van der Waals surface area (Å²) < 4.78 is 2.26. The van der Waals surface area contributed by atoms with Crippen LogP contribution < -0.4 is 4.90 Å². The van der Waals surface area contributed by atoms with Crippen LogP contribution in [0.25, 0.3) is 0 Å². The summed E-state index contributed by atoms with van der Waals surface area (Å²) in [6.45, 7) is 4.32. The predicted octanol–water partition coefficient (Wildman–Crippen LogP) is 4.38. The molecule has 142 valence electrons. The quantitative estimate of drug-likeness (QED) is 0.790. The fourth-order valence-corrected chi connectivity index (χ4v) is 5.91. The van der Waals surface area contributed by atoms with E-state index in [-0.39, 0.29) is 11.5 Å². The number of fused-ring (bicyclic) bond motifs is 4. The lowest BCUT2D eigenvalue weighted by Crippen LogP contribution is -2.61. The predicted molar refractivity (Wildman–Crippen MR) is 101 cm³/mol. The van der Waals surface area contributed by atoms with Gasteiger partial charge < -0.3 is 0 Å². The first kappa shape index (κ1) is 16.8. The van der Waals surface area contributed by atoms with Crippen molar-refractivity contribution in [3.63, 3.8) is 0 Å². The SMILES string of the molecule is CC(C)c1nc2n(n1)C1(CCCCC1)[C@@H]1CCCC[C@@H]1N2C(=O)C1CC1. The van der Waals surface area contributed by atoms with Crippen LogP contribution in [0.15, 0.2) is 0 Å². The first-order valence-corrected chi connectivity index (χ1v) is 10.9. The van der Waals surface area contributed by atoms with Crippen molar-refractivity contribution in [2.45, 2.75) is 102 Å². The van der Waals surface area contributed by atoms with Crippen LogP contribution in [-0.4, -0.2) is 26.7 Å². The van der Waals surface area contributed by atoms with Gasteiger partial charge in [-0.05, 0) is 38.5 Å². The van der Waals surface area contributed by atoms with Crippen LogP contribution in [0.1, 0.15) is 96.2 Å². The summed E-state index contributed by atoms with van der Waals surface area (Å²) in [7, 11) is 0. The standard InChI is InChI=1S/C21H32N4O/c1-14(2)18-22-20-24(19(26)15-10-11-15)17-9-5-4-8-16(17)21(25(20)23-18)12-6-3-7-13-21/h14-17H,3-13H2,1-2H3/t16-,17+/m1/s1. The van der Waals surface area contributed by atoms with Crippen LogP contribution in [0.3, 0.4) is 0 Å². The maximum Gasteiger partial charge on any atom is 0.232 e. The number of aromatic nitrogens is 3. The van der Waals surface area contributed by atoms with Crippen molar-refractivity contribution in [1.82, 2.24) is 14.8 Å². The van der Waals surface area contributed by atoms with Crippen molar-refractivity contribution in [1.29, 1.82) is 0 Å². The van der Waals surface area contributed by atoms with E-state index in [1.54, 1.807) is 0 Å². The number of carbonyl (C=O) groups is 1. The second-order valence-electron chi connectivity index (χ2n) is 9.44. The molecule has 3 saturated carbocycles. The molecule has 26 heavy (non-hydrogen) atoms. The van der Waals surface area contributed by atoms with Crippen molar-refractivity contribution in [2.24, 2.45) is 11.8 Å². The number of hydrogen-bond donors (Lipinski definition) is 0. The van der Waals surface area contributed by atoms with Crippen molar-refractivity contribution >= 4 is 11.9 Å². The van der Waals surface area contributed by atoms with Crippen molar-refractivity contribution in [3.05, 3.63) is 5.82 Å². The van der Waals surface area contributed by atoms with E-state index in [4.69, 9.17) is 10.1 Å². The highest BCUT2D eigenvalue weighted by molar-refractivity contribution is 5.96. The molecule has 1 aliphatic heterocycles. The number of carbonyl (C=O) groups excluding carboxylic acids is 1. The van der Waals surface area contributed by atoms with E-state index in [1.165, 1.54) is 51.4 Å². The molecule has 5 rings (SSSR count). The maximum atomic E-state index is 13.3. The second-order valence-corrected chi connectivity index (χ2v) is 9.44. The molecule has 0 bridgehead atoms. The third kappa shape index (κ3) is 2.38. The molecule has 3 fully saturated rings. The smallest absolute Gasteiger partial charge is 0.232 e. The minimum absolute atomic E-state index is 0.110. The van der Waals surface area contributed by atoms with Gasteiger partial charge in [-0.15, -0.1) is 0 Å². The zero-order valence-electron chi connectivity index (χ0n) is 16.3. The lowest BCUT2D eigenvalue weighted by molar-refractivity contribution is -0.122. The number of amides is 1. The Morgan fingerprint density at radius 3 is 2.46 bits per heavy atom. The highest BCUT2D eigenvalue weighted by Gasteiger charge is 2.56. The molecule has 0 unspecified atom stereocenters. The van der Waals surface area contributed by atoms with Gasteiger partial charge in [-0.3, -0.25) is 9.69 Å². The van der Waals surface area contributed by atoms with E-state index < -0.39 is 0 Å². The maximum absolute atomic E-state index is 13.3. The van der Waals surface area contributed by atoms with Gasteiger partial charge in [0.25, 0.3) is 0 Å². The highest BCUT2D eigenvalue weighted by atomic mass is 16.2. The van der Waals surface area contributed by atoms with Crippen LogP contribution in [-0.2, 0) is 10.3 Å². The molecule has 2 atom stereocenters. The summed E-state index contributed by atoms with van der Waals surface area (Å²) in [6, 6.07) is 0.353. The number of rotatable bonds is 2. The molecule has 4 aliphatic rings. The Bertz CT molecular complexity index is 699. The summed E-state index contributed by atoms with van der Waals surface area (Å²) in [5.41, 5.74) is 0.110. The molecule has 5 nitrogen and oxygen atoms in total. The fourth-order valence-electron chi connectivity index (χ4n) is 5.91. The lowest BCUT2D eigenvalue weighted by Gasteiger charge is -2.55. The van der Waals surface area contributed by atoms with Crippen LogP contribution in [0.5, 0.6) is 0 Å². The zero-order valence-corrected chi connectivity index (χ0v) is 16.3. The Kier molecular flexibility index (Phi) is 3.91. The first-order valence-electron chi connectivity index (χ1n) is 10.9. The fraction of sp³-hybridized carbons (Fsp3) is 0.857. The normalized spacial score (nSPS) is 30.3. The molecule has 5 heteroatoms. The van der Waals surface area contributed by atoms with Crippen LogP contribution >= 0.6 is 0 Å². The van der Waals surface area contributed by atoms with Gasteiger partial charge in [-0.1, -0.05) is 46.0 Å². The number of anilines is 1. The Morgan fingerprint density at radius 1 is 1.04 bits per heavy atom. The largest absolute Gasteiger partial charge is 0.277 e. The molecule has 0 aromatic carbocycles. The topological polar surface area (TPSA) is 51.0 Å². The van der Waals surface area contributed by atoms with Gasteiger partial charge in [0.15, 0.2) is 5.82 Å². The van der Waals surface area contributed by atoms with Crippen LogP contribution in [0.4, 0.5) is 5.95 Å². The van der Waals surface area contributed by atoms with Crippen molar-refractivity contribution in [2.75, 3.05) is 4.90 Å². The van der Waals surface area contributed by atoms with Crippen LogP contribution in [0, 0.1) is 11.8 Å². The summed E-state index contributed by atoms with van der Waals surface area (Å²) >= 11 is 0. The van der Waals surface area contributed by atoms with Gasteiger partial charge >= 0.3 is 0 Å².